The Morgan fingerprint density at radius 2 is 2.27 bits per heavy atom. The SMILES string of the molecule is Cc1cc(Cl)c(-c2ccco2)n1C1CC1. The summed E-state index contributed by atoms with van der Waals surface area (Å²) in [4.78, 5) is 0. The zero-order chi connectivity index (χ0) is 10.4. The number of halogens is 1. The highest BCUT2D eigenvalue weighted by Crippen LogP contribution is 2.43. The Bertz CT molecular complexity index is 480. The van der Waals surface area contributed by atoms with Crippen molar-refractivity contribution < 1.29 is 4.42 Å². The fraction of sp³-hybridized carbons (Fsp3) is 0.333. The first kappa shape index (κ1) is 9.10. The van der Waals surface area contributed by atoms with Gasteiger partial charge in [-0.3, -0.25) is 0 Å². The lowest BCUT2D eigenvalue weighted by atomic mass is 10.3. The first-order valence-electron chi connectivity index (χ1n) is 5.18. The quantitative estimate of drug-likeness (QED) is 0.749. The fourth-order valence-corrected chi connectivity index (χ4v) is 2.41. The van der Waals surface area contributed by atoms with Crippen LogP contribution in [0.25, 0.3) is 11.5 Å². The van der Waals surface area contributed by atoms with E-state index in [4.69, 9.17) is 16.0 Å². The molecular weight excluding hydrogens is 210 g/mol. The Morgan fingerprint density at radius 3 is 2.87 bits per heavy atom. The van der Waals surface area contributed by atoms with Crippen LogP contribution in [0.1, 0.15) is 24.6 Å². The van der Waals surface area contributed by atoms with Gasteiger partial charge in [0.05, 0.1) is 11.3 Å². The van der Waals surface area contributed by atoms with Crippen LogP contribution in [0.3, 0.4) is 0 Å². The number of hydrogen-bond acceptors (Lipinski definition) is 1. The van der Waals surface area contributed by atoms with Crippen molar-refractivity contribution in [1.29, 1.82) is 0 Å². The number of rotatable bonds is 2. The topological polar surface area (TPSA) is 18.1 Å². The van der Waals surface area contributed by atoms with E-state index >= 15 is 0 Å². The highest BCUT2D eigenvalue weighted by molar-refractivity contribution is 6.33. The van der Waals surface area contributed by atoms with Gasteiger partial charge in [0.1, 0.15) is 5.69 Å². The van der Waals surface area contributed by atoms with Crippen LogP contribution >= 0.6 is 11.6 Å². The molecule has 2 aromatic rings. The molecule has 78 valence electrons. The number of nitrogens with zero attached hydrogens (tertiary/aromatic N) is 1. The zero-order valence-electron chi connectivity index (χ0n) is 8.53. The Labute approximate surface area is 93.5 Å². The largest absolute Gasteiger partial charge is 0.463 e. The number of hydrogen-bond donors (Lipinski definition) is 0. The fourth-order valence-electron chi connectivity index (χ4n) is 2.07. The summed E-state index contributed by atoms with van der Waals surface area (Å²) in [6.07, 6.45) is 4.18. The van der Waals surface area contributed by atoms with Crippen LogP contribution in [0.2, 0.25) is 5.02 Å². The first-order chi connectivity index (χ1) is 7.27. The van der Waals surface area contributed by atoms with Gasteiger partial charge in [-0.25, -0.2) is 0 Å². The lowest BCUT2D eigenvalue weighted by Gasteiger charge is -2.08. The highest BCUT2D eigenvalue weighted by atomic mass is 35.5. The van der Waals surface area contributed by atoms with Crippen LogP contribution in [0.15, 0.2) is 28.9 Å². The van der Waals surface area contributed by atoms with Gasteiger partial charge in [-0.2, -0.15) is 0 Å². The van der Waals surface area contributed by atoms with Crippen molar-refractivity contribution >= 4 is 11.6 Å². The van der Waals surface area contributed by atoms with Crippen molar-refractivity contribution in [1.82, 2.24) is 4.57 Å². The van der Waals surface area contributed by atoms with Crippen molar-refractivity contribution in [2.75, 3.05) is 0 Å². The number of aryl methyl sites for hydroxylation is 1. The third kappa shape index (κ3) is 1.40. The van der Waals surface area contributed by atoms with Gasteiger partial charge in [0.2, 0.25) is 0 Å². The second-order valence-electron chi connectivity index (χ2n) is 4.06. The van der Waals surface area contributed by atoms with Crippen LogP contribution < -0.4 is 0 Å². The van der Waals surface area contributed by atoms with Crippen molar-refractivity contribution in [2.45, 2.75) is 25.8 Å². The minimum atomic E-state index is 0.623. The van der Waals surface area contributed by atoms with Gasteiger partial charge < -0.3 is 8.98 Å². The first-order valence-corrected chi connectivity index (χ1v) is 5.56. The number of aromatic nitrogens is 1. The molecule has 0 bridgehead atoms. The Balaban J connectivity index is 2.20. The molecule has 1 saturated carbocycles. The van der Waals surface area contributed by atoms with Crippen molar-refractivity contribution in [3.63, 3.8) is 0 Å². The minimum absolute atomic E-state index is 0.623. The molecule has 0 unspecified atom stereocenters. The monoisotopic (exact) mass is 221 g/mol. The Morgan fingerprint density at radius 1 is 1.47 bits per heavy atom. The molecular formula is C12H12ClNO. The predicted octanol–water partition coefficient (Wildman–Crippen LogP) is 4.04. The third-order valence-electron chi connectivity index (χ3n) is 2.85. The second-order valence-corrected chi connectivity index (χ2v) is 4.47. The van der Waals surface area contributed by atoms with Gasteiger partial charge in [-0.1, -0.05) is 11.6 Å². The van der Waals surface area contributed by atoms with Gasteiger partial charge >= 0.3 is 0 Å². The molecule has 0 N–H and O–H groups in total. The third-order valence-corrected chi connectivity index (χ3v) is 3.14. The molecule has 2 aromatic heterocycles. The maximum Gasteiger partial charge on any atom is 0.151 e. The Hall–Kier alpha value is -1.15. The van der Waals surface area contributed by atoms with E-state index < -0.39 is 0 Å². The maximum atomic E-state index is 6.23. The van der Waals surface area contributed by atoms with E-state index in [-0.39, 0.29) is 0 Å². The molecule has 0 amide bonds. The lowest BCUT2D eigenvalue weighted by Crippen LogP contribution is -1.98. The number of furan rings is 1. The van der Waals surface area contributed by atoms with Crippen molar-refractivity contribution in [2.24, 2.45) is 0 Å². The van der Waals surface area contributed by atoms with Crippen molar-refractivity contribution in [3.8, 4) is 11.5 Å². The molecule has 0 saturated heterocycles. The summed E-state index contributed by atoms with van der Waals surface area (Å²) in [5.41, 5.74) is 2.25. The summed E-state index contributed by atoms with van der Waals surface area (Å²) >= 11 is 6.23. The molecule has 1 fully saturated rings. The lowest BCUT2D eigenvalue weighted by molar-refractivity contribution is 0.571. The smallest absolute Gasteiger partial charge is 0.151 e. The summed E-state index contributed by atoms with van der Waals surface area (Å²) < 4.78 is 7.72. The van der Waals surface area contributed by atoms with Gasteiger partial charge in [0, 0.05) is 11.7 Å². The average molecular weight is 222 g/mol. The van der Waals surface area contributed by atoms with Crippen LogP contribution in [0, 0.1) is 6.92 Å². The van der Waals surface area contributed by atoms with E-state index in [0.717, 1.165) is 16.5 Å². The Kier molecular flexibility index (Phi) is 1.93. The molecule has 0 spiro atoms. The molecule has 2 heterocycles. The molecule has 15 heavy (non-hydrogen) atoms. The van der Waals surface area contributed by atoms with Gasteiger partial charge in [-0.05, 0) is 38.0 Å². The van der Waals surface area contributed by atoms with E-state index in [9.17, 15) is 0 Å². The average Bonchev–Trinajstić information content (AvgIpc) is 2.79. The molecule has 0 radical (unpaired) electrons. The molecule has 1 aliphatic rings. The van der Waals surface area contributed by atoms with Gasteiger partial charge in [0.25, 0.3) is 0 Å². The minimum Gasteiger partial charge on any atom is -0.463 e. The highest BCUT2D eigenvalue weighted by Gasteiger charge is 2.29. The molecule has 2 nitrogen and oxygen atoms in total. The van der Waals surface area contributed by atoms with E-state index in [2.05, 4.69) is 11.5 Å². The summed E-state index contributed by atoms with van der Waals surface area (Å²) in [7, 11) is 0. The summed E-state index contributed by atoms with van der Waals surface area (Å²) in [5.74, 6) is 0.861. The molecule has 0 aromatic carbocycles. The molecule has 1 aliphatic carbocycles. The van der Waals surface area contributed by atoms with E-state index in [1.54, 1.807) is 6.26 Å². The van der Waals surface area contributed by atoms with Crippen LogP contribution in [0.5, 0.6) is 0 Å². The van der Waals surface area contributed by atoms with Gasteiger partial charge in [-0.15, -0.1) is 0 Å². The molecule has 0 aliphatic heterocycles. The van der Waals surface area contributed by atoms with Crippen LogP contribution in [-0.2, 0) is 0 Å². The molecule has 3 rings (SSSR count). The molecule has 3 heteroatoms. The summed E-state index contributed by atoms with van der Waals surface area (Å²) in [6.45, 7) is 2.09. The summed E-state index contributed by atoms with van der Waals surface area (Å²) in [5, 5.41) is 0.786. The second kappa shape index (κ2) is 3.17. The van der Waals surface area contributed by atoms with Crippen molar-refractivity contribution in [3.05, 3.63) is 35.2 Å². The van der Waals surface area contributed by atoms with Crippen LogP contribution in [-0.4, -0.2) is 4.57 Å². The predicted molar refractivity (Wildman–Crippen MR) is 60.2 cm³/mol. The maximum absolute atomic E-state index is 6.23. The van der Waals surface area contributed by atoms with E-state index in [0.29, 0.717) is 6.04 Å². The van der Waals surface area contributed by atoms with E-state index in [1.165, 1.54) is 18.5 Å². The normalized spacial score (nSPS) is 15.9. The standard InChI is InChI=1S/C12H12ClNO/c1-8-7-10(13)12(11-3-2-6-15-11)14(8)9-4-5-9/h2-3,6-7,9H,4-5H2,1H3. The molecule has 0 atom stereocenters. The summed E-state index contributed by atoms with van der Waals surface area (Å²) in [6, 6.07) is 6.49. The zero-order valence-corrected chi connectivity index (χ0v) is 9.29. The van der Waals surface area contributed by atoms with Crippen LogP contribution in [0.4, 0.5) is 0 Å². The van der Waals surface area contributed by atoms with E-state index in [1.807, 2.05) is 18.2 Å². The van der Waals surface area contributed by atoms with Gasteiger partial charge in [0.15, 0.2) is 5.76 Å².